The maximum Gasteiger partial charge on any atom is 0.434 e. The van der Waals surface area contributed by atoms with Crippen LogP contribution in [0.5, 0.6) is 0 Å². The van der Waals surface area contributed by atoms with E-state index in [9.17, 15) is 10.1 Å². The van der Waals surface area contributed by atoms with Crippen molar-refractivity contribution in [1.82, 2.24) is 20.2 Å². The Morgan fingerprint density at radius 2 is 1.66 bits per heavy atom. The molecule has 0 saturated heterocycles. The number of nitrogens with zero attached hydrogens (tertiary/aromatic N) is 5. The molecule has 0 aliphatic carbocycles. The lowest BCUT2D eigenvalue weighted by Gasteiger charge is -2.31. The summed E-state index contributed by atoms with van der Waals surface area (Å²) in [5.74, 6) is -0.0922. The predicted molar refractivity (Wildman–Crippen MR) is 111 cm³/mol. The molecule has 0 aliphatic heterocycles. The maximum absolute atomic E-state index is 11.1. The molecule has 164 valence electrons. The van der Waals surface area contributed by atoms with Crippen LogP contribution in [0.3, 0.4) is 0 Å². The van der Waals surface area contributed by atoms with Crippen molar-refractivity contribution in [2.75, 3.05) is 13.1 Å². The fourth-order valence-corrected chi connectivity index (χ4v) is 2.55. The maximum atomic E-state index is 11.1. The average Bonchev–Trinajstić information content (AvgIpc) is 3.14. The third-order valence-corrected chi connectivity index (χ3v) is 5.41. The van der Waals surface area contributed by atoms with E-state index in [1.165, 1.54) is 10.8 Å². The minimum Gasteiger partial charge on any atom is -0.411 e. The normalized spacial score (nSPS) is 14.8. The van der Waals surface area contributed by atoms with Crippen LogP contribution < -0.4 is 10.6 Å². The van der Waals surface area contributed by atoms with E-state index in [0.29, 0.717) is 37.5 Å². The molecule has 11 heteroatoms. The fourth-order valence-electron chi connectivity index (χ4n) is 2.55. The molecule has 0 fully saturated rings. The molecule has 0 atom stereocenters. The quantitative estimate of drug-likeness (QED) is 0.178. The molecule has 11 nitrogen and oxygen atoms in total. The predicted octanol–water partition coefficient (Wildman–Crippen LogP) is 2.23. The molecule has 0 aliphatic rings. The summed E-state index contributed by atoms with van der Waals surface area (Å²) in [6, 6.07) is 0. The summed E-state index contributed by atoms with van der Waals surface area (Å²) in [4.78, 5) is 14.4. The first-order valence-corrected chi connectivity index (χ1v) is 9.48. The highest BCUT2D eigenvalue weighted by Crippen LogP contribution is 2.15. The Labute approximate surface area is 171 Å². The lowest BCUT2D eigenvalue weighted by molar-refractivity contribution is -0.396. The van der Waals surface area contributed by atoms with E-state index in [4.69, 9.17) is 10.4 Å². The SMILES string of the molecule is CC(=NO)C(C)(C)NCC(CCn1ccnc1[N+](=O)[O-])CNC(C)(C)C(C)=NO. The first-order chi connectivity index (χ1) is 13.4. The van der Waals surface area contributed by atoms with Crippen molar-refractivity contribution in [2.45, 2.75) is 65.6 Å². The molecule has 1 aromatic heterocycles. The number of hydrogen-bond donors (Lipinski definition) is 4. The zero-order valence-electron chi connectivity index (χ0n) is 18.0. The third-order valence-electron chi connectivity index (χ3n) is 5.41. The molecule has 0 bridgehead atoms. The number of imidazole rings is 1. The minimum atomic E-state index is -0.508. The zero-order valence-corrected chi connectivity index (χ0v) is 18.0. The lowest BCUT2D eigenvalue weighted by Crippen LogP contribution is -2.51. The molecule has 29 heavy (non-hydrogen) atoms. The smallest absolute Gasteiger partial charge is 0.411 e. The van der Waals surface area contributed by atoms with Crippen molar-refractivity contribution >= 4 is 17.4 Å². The summed E-state index contributed by atoms with van der Waals surface area (Å²) in [6.07, 6.45) is 3.65. The molecule has 0 radical (unpaired) electrons. The van der Waals surface area contributed by atoms with Crippen molar-refractivity contribution in [3.63, 3.8) is 0 Å². The summed E-state index contributed by atoms with van der Waals surface area (Å²) in [5, 5.41) is 42.6. The van der Waals surface area contributed by atoms with Gasteiger partial charge in [0.1, 0.15) is 12.4 Å². The molecule has 1 rings (SSSR count). The highest BCUT2D eigenvalue weighted by Gasteiger charge is 2.26. The van der Waals surface area contributed by atoms with E-state index in [0.717, 1.165) is 0 Å². The topological polar surface area (TPSA) is 150 Å². The third kappa shape index (κ3) is 7.09. The van der Waals surface area contributed by atoms with E-state index in [1.807, 2.05) is 27.7 Å². The van der Waals surface area contributed by atoms with Crippen LogP contribution in [0, 0.1) is 16.0 Å². The highest BCUT2D eigenvalue weighted by atomic mass is 16.6. The Morgan fingerprint density at radius 1 is 1.17 bits per heavy atom. The van der Waals surface area contributed by atoms with Crippen LogP contribution >= 0.6 is 0 Å². The van der Waals surface area contributed by atoms with Crippen LogP contribution in [0.25, 0.3) is 0 Å². The second-order valence-corrected chi connectivity index (χ2v) is 8.22. The Hall–Kier alpha value is -2.53. The van der Waals surface area contributed by atoms with Gasteiger partial charge in [0, 0.05) is 13.1 Å². The monoisotopic (exact) mass is 411 g/mol. The van der Waals surface area contributed by atoms with Crippen molar-refractivity contribution < 1.29 is 15.3 Å². The molecule has 4 N–H and O–H groups in total. The van der Waals surface area contributed by atoms with Gasteiger partial charge in [-0.3, -0.25) is 0 Å². The van der Waals surface area contributed by atoms with Crippen molar-refractivity contribution in [3.05, 3.63) is 22.5 Å². The lowest BCUT2D eigenvalue weighted by atomic mass is 9.95. The van der Waals surface area contributed by atoms with Gasteiger partial charge in [-0.15, -0.1) is 0 Å². The van der Waals surface area contributed by atoms with E-state index in [2.05, 4.69) is 25.9 Å². The van der Waals surface area contributed by atoms with Crippen molar-refractivity contribution in [1.29, 1.82) is 0 Å². The van der Waals surface area contributed by atoms with Crippen molar-refractivity contribution in [2.24, 2.45) is 16.2 Å². The standard InChI is InChI=1S/C18H33N7O4/c1-13(22-26)17(3,4)20-11-15(12-21-18(5,6)14(2)23-27)7-9-24-10-8-19-16(24)25(28)29/h8,10,15,20-21,26-27H,7,9,11-12H2,1-6H3. The highest BCUT2D eigenvalue weighted by molar-refractivity contribution is 5.90. The number of oxime groups is 2. The molecule has 0 aromatic carbocycles. The molecule has 0 unspecified atom stereocenters. The van der Waals surface area contributed by atoms with Crippen LogP contribution in [0.15, 0.2) is 22.7 Å². The molecule has 0 saturated carbocycles. The number of aryl methyl sites for hydroxylation is 1. The van der Waals surface area contributed by atoms with Crippen LogP contribution in [0.1, 0.15) is 48.0 Å². The summed E-state index contributed by atoms with van der Waals surface area (Å²) in [5.41, 5.74) is 0.0916. The van der Waals surface area contributed by atoms with Crippen LogP contribution in [-0.2, 0) is 6.54 Å². The van der Waals surface area contributed by atoms with Gasteiger partial charge >= 0.3 is 5.95 Å². The number of aromatic nitrogens is 2. The van der Waals surface area contributed by atoms with Gasteiger partial charge in [-0.25, -0.2) is 4.57 Å². The average molecular weight is 412 g/mol. The summed E-state index contributed by atoms with van der Waals surface area (Å²) < 4.78 is 1.52. The zero-order chi connectivity index (χ0) is 22.2. The molecular weight excluding hydrogens is 378 g/mol. The van der Waals surface area contributed by atoms with Crippen LogP contribution in [0.4, 0.5) is 5.95 Å². The Bertz CT molecular complexity index is 706. The first kappa shape index (κ1) is 24.5. The Balaban J connectivity index is 2.87. The first-order valence-electron chi connectivity index (χ1n) is 9.48. The largest absolute Gasteiger partial charge is 0.434 e. The van der Waals surface area contributed by atoms with Gasteiger partial charge in [0.05, 0.1) is 29.0 Å². The summed E-state index contributed by atoms with van der Waals surface area (Å²) in [7, 11) is 0. The molecule has 0 spiro atoms. The minimum absolute atomic E-state index is 0.0912. The van der Waals surface area contributed by atoms with E-state index in [-0.39, 0.29) is 11.9 Å². The number of nitro groups is 1. The van der Waals surface area contributed by atoms with E-state index < -0.39 is 16.0 Å². The molecule has 1 heterocycles. The van der Waals surface area contributed by atoms with Crippen molar-refractivity contribution in [3.8, 4) is 0 Å². The number of nitrogens with one attached hydrogen (secondary N) is 2. The van der Waals surface area contributed by atoms with Gasteiger partial charge < -0.3 is 31.2 Å². The van der Waals surface area contributed by atoms with Gasteiger partial charge in [0.2, 0.25) is 0 Å². The van der Waals surface area contributed by atoms with E-state index >= 15 is 0 Å². The van der Waals surface area contributed by atoms with Gasteiger partial charge in [-0.1, -0.05) is 15.3 Å². The summed E-state index contributed by atoms with van der Waals surface area (Å²) >= 11 is 0. The fraction of sp³-hybridized carbons (Fsp3) is 0.722. The summed E-state index contributed by atoms with van der Waals surface area (Å²) in [6.45, 7) is 12.7. The molecule has 0 amide bonds. The van der Waals surface area contributed by atoms with Crippen LogP contribution in [-0.4, -0.2) is 60.5 Å². The van der Waals surface area contributed by atoms with Crippen LogP contribution in [0.2, 0.25) is 0 Å². The van der Waals surface area contributed by atoms with Gasteiger partial charge in [0.15, 0.2) is 0 Å². The Morgan fingerprint density at radius 3 is 2.07 bits per heavy atom. The number of rotatable bonds is 12. The molecule has 1 aromatic rings. The number of hydrogen-bond acceptors (Lipinski definition) is 9. The second kappa shape index (κ2) is 10.3. The second-order valence-electron chi connectivity index (χ2n) is 8.22. The van der Waals surface area contributed by atoms with Gasteiger partial charge in [0.25, 0.3) is 0 Å². The van der Waals surface area contributed by atoms with Gasteiger partial charge in [-0.05, 0) is 58.8 Å². The van der Waals surface area contributed by atoms with E-state index in [1.54, 1.807) is 20.0 Å². The molecular formula is C18H33N7O4. The Kier molecular flexibility index (Phi) is 8.71. The van der Waals surface area contributed by atoms with Gasteiger partial charge in [-0.2, -0.15) is 0 Å².